The topological polar surface area (TPSA) is 43.8 Å². The monoisotopic (exact) mass is 234 g/mol. The van der Waals surface area contributed by atoms with Gasteiger partial charge in [-0.05, 0) is 26.0 Å². The summed E-state index contributed by atoms with van der Waals surface area (Å²) in [5.74, 6) is 0.0344. The molecule has 2 rings (SSSR count). The molecule has 1 aliphatic rings. The van der Waals surface area contributed by atoms with Crippen molar-refractivity contribution in [1.82, 2.24) is 0 Å². The minimum Gasteiger partial charge on any atom is -0.392 e. The van der Waals surface area contributed by atoms with E-state index < -0.39 is 6.10 Å². The smallest absolute Gasteiger partial charge is 0.249 e. The summed E-state index contributed by atoms with van der Waals surface area (Å²) in [6.07, 6.45) is -0.525. The van der Waals surface area contributed by atoms with Crippen molar-refractivity contribution < 1.29 is 9.90 Å². The lowest BCUT2D eigenvalue weighted by molar-refractivity contribution is -0.120. The van der Waals surface area contributed by atoms with Crippen molar-refractivity contribution in [3.8, 4) is 0 Å². The van der Waals surface area contributed by atoms with Crippen LogP contribution in [0, 0.1) is 0 Å². The summed E-state index contributed by atoms with van der Waals surface area (Å²) < 4.78 is 0. The zero-order valence-electron chi connectivity index (χ0n) is 10.4. The van der Waals surface area contributed by atoms with Crippen LogP contribution in [0.15, 0.2) is 24.3 Å². The molecule has 0 radical (unpaired) electrons. The summed E-state index contributed by atoms with van der Waals surface area (Å²) in [5, 5.41) is 9.49. The van der Waals surface area contributed by atoms with Crippen LogP contribution in [0.3, 0.4) is 0 Å². The quantitative estimate of drug-likeness (QED) is 0.837. The van der Waals surface area contributed by atoms with E-state index in [0.29, 0.717) is 6.54 Å². The van der Waals surface area contributed by atoms with E-state index >= 15 is 0 Å². The van der Waals surface area contributed by atoms with Gasteiger partial charge in [-0.15, -0.1) is 0 Å². The van der Waals surface area contributed by atoms with E-state index in [1.807, 2.05) is 43.1 Å². The molecule has 4 heteroatoms. The summed E-state index contributed by atoms with van der Waals surface area (Å²) in [6, 6.07) is 7.58. The van der Waals surface area contributed by atoms with Gasteiger partial charge in [-0.25, -0.2) is 0 Å². The van der Waals surface area contributed by atoms with Gasteiger partial charge in [0.1, 0.15) is 6.04 Å². The maximum absolute atomic E-state index is 12.2. The van der Waals surface area contributed by atoms with Crippen LogP contribution in [0.25, 0.3) is 0 Å². The number of para-hydroxylation sites is 2. The fourth-order valence-corrected chi connectivity index (χ4v) is 2.16. The second-order valence-corrected chi connectivity index (χ2v) is 4.57. The Morgan fingerprint density at radius 3 is 2.53 bits per heavy atom. The molecule has 2 unspecified atom stereocenters. The lowest BCUT2D eigenvalue weighted by atomic mass is 10.1. The highest BCUT2D eigenvalue weighted by atomic mass is 16.3. The number of hydrogen-bond acceptors (Lipinski definition) is 3. The molecule has 0 aromatic heterocycles. The minimum absolute atomic E-state index is 0.0344. The number of aliphatic hydroxyl groups is 1. The lowest BCUT2D eigenvalue weighted by Crippen LogP contribution is -2.52. The van der Waals surface area contributed by atoms with Gasteiger partial charge in [-0.2, -0.15) is 0 Å². The minimum atomic E-state index is -0.525. The molecule has 92 valence electrons. The Bertz CT molecular complexity index is 431. The summed E-state index contributed by atoms with van der Waals surface area (Å²) in [7, 11) is 1.92. The number of amides is 1. The van der Waals surface area contributed by atoms with Crippen molar-refractivity contribution in [3.05, 3.63) is 24.3 Å². The molecule has 0 fully saturated rings. The second-order valence-electron chi connectivity index (χ2n) is 4.57. The van der Waals surface area contributed by atoms with Crippen molar-refractivity contribution in [2.24, 2.45) is 0 Å². The van der Waals surface area contributed by atoms with E-state index in [4.69, 9.17) is 0 Å². The Balaban J connectivity index is 2.45. The number of β-amino-alcohol motifs (C(OH)–C–C–N with tert-alkyl or cyclic N) is 1. The first kappa shape index (κ1) is 11.9. The van der Waals surface area contributed by atoms with Crippen LogP contribution in [-0.2, 0) is 4.79 Å². The van der Waals surface area contributed by atoms with Gasteiger partial charge in [0, 0.05) is 7.05 Å². The summed E-state index contributed by atoms with van der Waals surface area (Å²) >= 11 is 0. The third kappa shape index (κ3) is 2.00. The maximum Gasteiger partial charge on any atom is 0.249 e. The fourth-order valence-electron chi connectivity index (χ4n) is 2.16. The van der Waals surface area contributed by atoms with Crippen LogP contribution in [-0.4, -0.2) is 36.8 Å². The average Bonchev–Trinajstić information content (AvgIpc) is 2.31. The Kier molecular flexibility index (Phi) is 3.07. The predicted octanol–water partition coefficient (Wildman–Crippen LogP) is 1.24. The first-order valence-corrected chi connectivity index (χ1v) is 5.83. The van der Waals surface area contributed by atoms with E-state index in [0.717, 1.165) is 11.4 Å². The third-order valence-corrected chi connectivity index (χ3v) is 3.20. The Morgan fingerprint density at radius 2 is 1.94 bits per heavy atom. The van der Waals surface area contributed by atoms with Crippen LogP contribution in [0.1, 0.15) is 13.8 Å². The molecule has 0 saturated heterocycles. The largest absolute Gasteiger partial charge is 0.392 e. The third-order valence-electron chi connectivity index (χ3n) is 3.20. The van der Waals surface area contributed by atoms with Crippen molar-refractivity contribution in [2.75, 3.05) is 23.4 Å². The van der Waals surface area contributed by atoms with Gasteiger partial charge in [-0.3, -0.25) is 4.79 Å². The molecule has 1 amide bonds. The van der Waals surface area contributed by atoms with Gasteiger partial charge in [0.15, 0.2) is 0 Å². The fraction of sp³-hybridized carbons (Fsp3) is 0.462. The summed E-state index contributed by atoms with van der Waals surface area (Å²) in [5.41, 5.74) is 1.90. The molecule has 4 nitrogen and oxygen atoms in total. The molecule has 1 N–H and O–H groups in total. The number of hydrogen-bond donors (Lipinski definition) is 1. The zero-order valence-corrected chi connectivity index (χ0v) is 10.4. The van der Waals surface area contributed by atoms with Crippen LogP contribution in [0.2, 0.25) is 0 Å². The highest BCUT2D eigenvalue weighted by molar-refractivity contribution is 6.05. The van der Waals surface area contributed by atoms with Crippen LogP contribution >= 0.6 is 0 Å². The van der Waals surface area contributed by atoms with Gasteiger partial charge < -0.3 is 14.9 Å². The first-order valence-electron chi connectivity index (χ1n) is 5.83. The maximum atomic E-state index is 12.2. The Hall–Kier alpha value is -1.55. The molecule has 1 aliphatic heterocycles. The van der Waals surface area contributed by atoms with E-state index in [2.05, 4.69) is 0 Å². The van der Waals surface area contributed by atoms with E-state index in [1.54, 1.807) is 11.8 Å². The SMILES string of the molecule is CC(O)CN1C(=O)C(C)N(C)c2ccccc21. The summed E-state index contributed by atoms with van der Waals surface area (Å²) in [6.45, 7) is 3.92. The Labute approximate surface area is 101 Å². The number of nitrogens with zero attached hydrogens (tertiary/aromatic N) is 2. The normalized spacial score (nSPS) is 21.4. The lowest BCUT2D eigenvalue weighted by Gasteiger charge is -2.40. The van der Waals surface area contributed by atoms with E-state index in [-0.39, 0.29) is 11.9 Å². The number of aliphatic hydroxyl groups excluding tert-OH is 1. The van der Waals surface area contributed by atoms with Crippen LogP contribution in [0.5, 0.6) is 0 Å². The van der Waals surface area contributed by atoms with Crippen molar-refractivity contribution in [2.45, 2.75) is 26.0 Å². The molecular weight excluding hydrogens is 216 g/mol. The molecule has 2 atom stereocenters. The number of likely N-dealkylation sites (N-methyl/N-ethyl adjacent to an activating group) is 1. The van der Waals surface area contributed by atoms with Crippen LogP contribution < -0.4 is 9.80 Å². The standard InChI is InChI=1S/C13H18N2O2/c1-9(16)8-15-12-7-5-4-6-11(12)14(3)10(2)13(15)17/h4-7,9-10,16H,8H2,1-3H3. The predicted molar refractivity (Wildman–Crippen MR) is 68.3 cm³/mol. The zero-order chi connectivity index (χ0) is 12.6. The number of carbonyl (C=O) groups is 1. The molecular formula is C13H18N2O2. The highest BCUT2D eigenvalue weighted by Gasteiger charge is 2.33. The molecule has 1 aromatic carbocycles. The molecule has 0 spiro atoms. The van der Waals surface area contributed by atoms with Gasteiger partial charge in [0.2, 0.25) is 5.91 Å². The van der Waals surface area contributed by atoms with Gasteiger partial charge in [0.05, 0.1) is 24.0 Å². The summed E-state index contributed by atoms with van der Waals surface area (Å²) in [4.78, 5) is 15.8. The molecule has 0 aliphatic carbocycles. The van der Waals surface area contributed by atoms with E-state index in [1.165, 1.54) is 0 Å². The first-order chi connectivity index (χ1) is 8.02. The van der Waals surface area contributed by atoms with E-state index in [9.17, 15) is 9.90 Å². The van der Waals surface area contributed by atoms with Gasteiger partial charge >= 0.3 is 0 Å². The van der Waals surface area contributed by atoms with Crippen molar-refractivity contribution in [3.63, 3.8) is 0 Å². The average molecular weight is 234 g/mol. The number of rotatable bonds is 2. The molecule has 1 aromatic rings. The number of fused-ring (bicyclic) bond motifs is 1. The number of carbonyl (C=O) groups excluding carboxylic acids is 1. The molecule has 0 bridgehead atoms. The van der Waals surface area contributed by atoms with Gasteiger partial charge in [-0.1, -0.05) is 12.1 Å². The number of anilines is 2. The molecule has 17 heavy (non-hydrogen) atoms. The van der Waals surface area contributed by atoms with Crippen molar-refractivity contribution in [1.29, 1.82) is 0 Å². The molecule has 0 saturated carbocycles. The Morgan fingerprint density at radius 1 is 1.35 bits per heavy atom. The highest BCUT2D eigenvalue weighted by Crippen LogP contribution is 2.34. The molecule has 1 heterocycles. The number of benzene rings is 1. The van der Waals surface area contributed by atoms with Crippen LogP contribution in [0.4, 0.5) is 11.4 Å². The van der Waals surface area contributed by atoms with Gasteiger partial charge in [0.25, 0.3) is 0 Å². The second kappa shape index (κ2) is 4.37. The van der Waals surface area contributed by atoms with Crippen molar-refractivity contribution >= 4 is 17.3 Å².